The molecular weight excluding hydrogens is 260 g/mol. The molecule has 1 atom stereocenters. The number of fused-ring (bicyclic) bond motifs is 1. The third kappa shape index (κ3) is 3.98. The van der Waals surface area contributed by atoms with Crippen molar-refractivity contribution in [2.75, 3.05) is 20.2 Å². The first kappa shape index (κ1) is 15.9. The number of unbranched alkanes of at least 4 members (excludes halogenated alkanes) is 1. The van der Waals surface area contributed by atoms with Crippen molar-refractivity contribution in [3.63, 3.8) is 0 Å². The summed E-state index contributed by atoms with van der Waals surface area (Å²) < 4.78 is 5.49. The van der Waals surface area contributed by atoms with Crippen LogP contribution in [0.1, 0.15) is 43.7 Å². The number of hydrogen-bond donors (Lipinski definition) is 0. The molecule has 0 N–H and O–H groups in total. The predicted molar refractivity (Wildman–Crippen MR) is 85.5 cm³/mol. The van der Waals surface area contributed by atoms with Crippen LogP contribution in [0.25, 0.3) is 0 Å². The van der Waals surface area contributed by atoms with Gasteiger partial charge < -0.3 is 9.64 Å². The lowest BCUT2D eigenvalue weighted by atomic mass is 9.86. The van der Waals surface area contributed by atoms with Crippen LogP contribution in [0.15, 0.2) is 18.2 Å². The van der Waals surface area contributed by atoms with Gasteiger partial charge in [0.15, 0.2) is 0 Å². The molecule has 2 rings (SSSR count). The van der Waals surface area contributed by atoms with Gasteiger partial charge in [0.05, 0.1) is 13.2 Å². The van der Waals surface area contributed by atoms with Crippen molar-refractivity contribution in [1.82, 2.24) is 4.90 Å². The Hall–Kier alpha value is -1.53. The summed E-state index contributed by atoms with van der Waals surface area (Å²) in [5, 5.41) is 8.72. The summed E-state index contributed by atoms with van der Waals surface area (Å²) in [6, 6.07) is 9.27. The Morgan fingerprint density at radius 3 is 2.95 bits per heavy atom. The smallest absolute Gasteiger partial charge is 0.122 e. The molecule has 0 saturated carbocycles. The van der Waals surface area contributed by atoms with Crippen LogP contribution in [-0.2, 0) is 12.8 Å². The molecule has 0 heterocycles. The Morgan fingerprint density at radius 2 is 2.24 bits per heavy atom. The maximum atomic E-state index is 8.72. The normalized spacial score (nSPS) is 17.3. The highest BCUT2D eigenvalue weighted by Crippen LogP contribution is 2.31. The molecule has 0 aromatic heterocycles. The van der Waals surface area contributed by atoms with Crippen LogP contribution < -0.4 is 4.74 Å². The van der Waals surface area contributed by atoms with Crippen LogP contribution in [0.3, 0.4) is 0 Å². The minimum atomic E-state index is 0.614. The zero-order valence-corrected chi connectivity index (χ0v) is 13.3. The molecule has 0 saturated heterocycles. The van der Waals surface area contributed by atoms with Crippen LogP contribution in [0.5, 0.6) is 5.75 Å². The van der Waals surface area contributed by atoms with E-state index in [-0.39, 0.29) is 0 Å². The molecule has 0 fully saturated rings. The van der Waals surface area contributed by atoms with E-state index in [1.807, 2.05) is 0 Å². The van der Waals surface area contributed by atoms with E-state index in [0.29, 0.717) is 12.5 Å². The highest BCUT2D eigenvalue weighted by molar-refractivity contribution is 5.42. The lowest BCUT2D eigenvalue weighted by Crippen LogP contribution is -2.40. The number of methoxy groups -OCH3 is 1. The standard InChI is InChI=1S/C18H26N2O/c1-3-12-20(13-5-4-11-19)16-9-10-17-15(14-16)7-6-8-18(17)21-2/h6-8,16H,3-5,9-10,12-14H2,1-2H3. The number of nitrogens with zero attached hydrogens (tertiary/aromatic N) is 2. The number of nitriles is 1. The molecule has 1 aromatic rings. The fourth-order valence-corrected chi connectivity index (χ4v) is 3.38. The molecule has 0 bridgehead atoms. The van der Waals surface area contributed by atoms with E-state index in [2.05, 4.69) is 36.1 Å². The van der Waals surface area contributed by atoms with Crippen molar-refractivity contribution >= 4 is 0 Å². The topological polar surface area (TPSA) is 36.3 Å². The molecule has 3 heteroatoms. The quantitative estimate of drug-likeness (QED) is 0.719. The fraction of sp³-hybridized carbons (Fsp3) is 0.611. The zero-order valence-electron chi connectivity index (χ0n) is 13.3. The van der Waals surface area contributed by atoms with Crippen molar-refractivity contribution in [1.29, 1.82) is 5.26 Å². The van der Waals surface area contributed by atoms with Crippen molar-refractivity contribution in [2.45, 2.75) is 51.5 Å². The van der Waals surface area contributed by atoms with Gasteiger partial charge in [-0.25, -0.2) is 0 Å². The molecule has 1 unspecified atom stereocenters. The van der Waals surface area contributed by atoms with E-state index in [1.165, 1.54) is 24.0 Å². The summed E-state index contributed by atoms with van der Waals surface area (Å²) in [7, 11) is 1.76. The van der Waals surface area contributed by atoms with Gasteiger partial charge in [-0.1, -0.05) is 19.1 Å². The van der Waals surface area contributed by atoms with Crippen molar-refractivity contribution in [3.8, 4) is 11.8 Å². The minimum absolute atomic E-state index is 0.614. The van der Waals surface area contributed by atoms with Crippen molar-refractivity contribution in [2.24, 2.45) is 0 Å². The number of benzene rings is 1. The first-order valence-electron chi connectivity index (χ1n) is 8.05. The van der Waals surface area contributed by atoms with Gasteiger partial charge in [0.25, 0.3) is 0 Å². The Kier molecular flexibility index (Phi) is 6.07. The molecule has 1 aliphatic rings. The molecule has 1 aromatic carbocycles. The summed E-state index contributed by atoms with van der Waals surface area (Å²) in [5.41, 5.74) is 2.83. The maximum absolute atomic E-state index is 8.72. The van der Waals surface area contributed by atoms with E-state index >= 15 is 0 Å². The number of ether oxygens (including phenoxy) is 1. The summed E-state index contributed by atoms with van der Waals surface area (Å²) in [5.74, 6) is 1.04. The predicted octanol–water partition coefficient (Wildman–Crippen LogP) is 3.57. The Labute approximate surface area is 128 Å². The van der Waals surface area contributed by atoms with E-state index in [9.17, 15) is 0 Å². The molecular formula is C18H26N2O. The molecule has 1 aliphatic carbocycles. The van der Waals surface area contributed by atoms with E-state index in [4.69, 9.17) is 10.00 Å². The van der Waals surface area contributed by atoms with Gasteiger partial charge in [0.1, 0.15) is 5.75 Å². The van der Waals surface area contributed by atoms with Gasteiger partial charge in [-0.2, -0.15) is 5.26 Å². The maximum Gasteiger partial charge on any atom is 0.122 e. The number of rotatable bonds is 7. The first-order valence-corrected chi connectivity index (χ1v) is 8.05. The van der Waals surface area contributed by atoms with Gasteiger partial charge in [0, 0.05) is 12.5 Å². The van der Waals surface area contributed by atoms with Crippen LogP contribution in [0, 0.1) is 11.3 Å². The summed E-state index contributed by atoms with van der Waals surface area (Å²) >= 11 is 0. The molecule has 0 spiro atoms. The molecule has 0 amide bonds. The molecule has 114 valence electrons. The average Bonchev–Trinajstić information content (AvgIpc) is 2.53. The SMILES string of the molecule is CCCN(CCCC#N)C1CCc2c(cccc2OC)C1. The van der Waals surface area contributed by atoms with Crippen molar-refractivity contribution in [3.05, 3.63) is 29.3 Å². The van der Waals surface area contributed by atoms with Gasteiger partial charge >= 0.3 is 0 Å². The average molecular weight is 286 g/mol. The zero-order chi connectivity index (χ0) is 15.1. The van der Waals surface area contributed by atoms with Crippen LogP contribution >= 0.6 is 0 Å². The summed E-state index contributed by atoms with van der Waals surface area (Å²) in [6.45, 7) is 4.41. The second kappa shape index (κ2) is 8.05. The van der Waals surface area contributed by atoms with Gasteiger partial charge in [-0.05, 0) is 62.4 Å². The van der Waals surface area contributed by atoms with Crippen molar-refractivity contribution < 1.29 is 4.74 Å². The Bertz CT molecular complexity index is 492. The lowest BCUT2D eigenvalue weighted by molar-refractivity contribution is 0.177. The fourth-order valence-electron chi connectivity index (χ4n) is 3.38. The van der Waals surface area contributed by atoms with E-state index < -0.39 is 0 Å². The van der Waals surface area contributed by atoms with Crippen LogP contribution in [-0.4, -0.2) is 31.1 Å². The Balaban J connectivity index is 2.05. The summed E-state index contributed by atoms with van der Waals surface area (Å²) in [6.07, 6.45) is 6.23. The highest BCUT2D eigenvalue weighted by atomic mass is 16.5. The third-order valence-electron chi connectivity index (χ3n) is 4.39. The molecule has 3 nitrogen and oxygen atoms in total. The van der Waals surface area contributed by atoms with Gasteiger partial charge in [-0.3, -0.25) is 0 Å². The monoisotopic (exact) mass is 286 g/mol. The van der Waals surface area contributed by atoms with Gasteiger partial charge in [0.2, 0.25) is 0 Å². The Morgan fingerprint density at radius 1 is 1.38 bits per heavy atom. The molecule has 21 heavy (non-hydrogen) atoms. The first-order chi connectivity index (χ1) is 10.3. The van der Waals surface area contributed by atoms with Crippen LogP contribution in [0.4, 0.5) is 0 Å². The largest absolute Gasteiger partial charge is 0.496 e. The summed E-state index contributed by atoms with van der Waals surface area (Å²) in [4.78, 5) is 2.58. The lowest BCUT2D eigenvalue weighted by Gasteiger charge is -2.35. The van der Waals surface area contributed by atoms with E-state index in [0.717, 1.165) is 38.1 Å². The minimum Gasteiger partial charge on any atom is -0.496 e. The third-order valence-corrected chi connectivity index (χ3v) is 4.39. The van der Waals surface area contributed by atoms with E-state index in [1.54, 1.807) is 7.11 Å². The van der Waals surface area contributed by atoms with Gasteiger partial charge in [-0.15, -0.1) is 0 Å². The molecule has 0 radical (unpaired) electrons. The number of hydrogen-bond acceptors (Lipinski definition) is 3. The molecule has 0 aliphatic heterocycles. The second-order valence-corrected chi connectivity index (χ2v) is 5.79. The second-order valence-electron chi connectivity index (χ2n) is 5.79. The highest BCUT2D eigenvalue weighted by Gasteiger charge is 2.25. The van der Waals surface area contributed by atoms with Crippen LogP contribution in [0.2, 0.25) is 0 Å².